The molecular formula is C30H28N2O2. The molecule has 0 aromatic heterocycles. The van der Waals surface area contributed by atoms with Gasteiger partial charge < -0.3 is 9.47 Å². The summed E-state index contributed by atoms with van der Waals surface area (Å²) in [5.41, 5.74) is 4.57. The van der Waals surface area contributed by atoms with Crippen molar-refractivity contribution < 1.29 is 9.47 Å². The quantitative estimate of drug-likeness (QED) is 0.291. The van der Waals surface area contributed by atoms with Crippen LogP contribution in [0.3, 0.4) is 0 Å². The molecule has 2 aliphatic rings. The van der Waals surface area contributed by atoms with Gasteiger partial charge in [0.1, 0.15) is 11.5 Å². The Morgan fingerprint density at radius 3 is 2.59 bits per heavy atom. The molecule has 0 unspecified atom stereocenters. The average Bonchev–Trinajstić information content (AvgIpc) is 3.34. The van der Waals surface area contributed by atoms with E-state index in [2.05, 4.69) is 84.7 Å². The van der Waals surface area contributed by atoms with Crippen molar-refractivity contribution in [3.8, 4) is 11.5 Å². The van der Waals surface area contributed by atoms with E-state index in [1.165, 1.54) is 21.9 Å². The summed E-state index contributed by atoms with van der Waals surface area (Å²) in [4.78, 5) is 0. The van der Waals surface area contributed by atoms with Crippen molar-refractivity contribution in [2.75, 3.05) is 6.61 Å². The number of nitrogens with zero attached hydrogens (tertiary/aromatic N) is 2. The maximum Gasteiger partial charge on any atom is 0.213 e. The number of fused-ring (bicyclic) bond motifs is 4. The maximum atomic E-state index is 6.52. The van der Waals surface area contributed by atoms with E-state index in [1.807, 2.05) is 18.2 Å². The Labute approximate surface area is 200 Å². The van der Waals surface area contributed by atoms with Gasteiger partial charge in [-0.1, -0.05) is 74.0 Å². The van der Waals surface area contributed by atoms with Crippen LogP contribution in [-0.4, -0.2) is 17.3 Å². The average molecular weight is 449 g/mol. The highest BCUT2D eigenvalue weighted by Gasteiger charge is 2.41. The molecule has 0 saturated heterocycles. The molecule has 0 aliphatic carbocycles. The van der Waals surface area contributed by atoms with Crippen LogP contribution in [0.1, 0.15) is 55.1 Å². The third-order valence-electron chi connectivity index (χ3n) is 6.73. The Kier molecular flexibility index (Phi) is 5.42. The molecule has 2 aliphatic heterocycles. The highest BCUT2D eigenvalue weighted by molar-refractivity contribution is 6.11. The number of ether oxygens (including phenoxy) is 2. The van der Waals surface area contributed by atoms with Gasteiger partial charge in [-0.25, -0.2) is 5.01 Å². The normalized spacial score (nSPS) is 18.7. The van der Waals surface area contributed by atoms with Crippen LogP contribution in [0.5, 0.6) is 11.5 Å². The van der Waals surface area contributed by atoms with Gasteiger partial charge in [0.05, 0.1) is 18.4 Å². The standard InChI is InChI=1S/C30H28N2O2/c1-2-3-19-33-23-17-15-22(16-18-23)30-32-28(26-12-6-7-14-29(26)34-30)20-27(31-32)25-13-8-10-21-9-4-5-11-24(21)25/h4-18,28,30H,2-3,19-20H2,1H3/t28-,30-/m0/s1. The van der Waals surface area contributed by atoms with Crippen molar-refractivity contribution in [3.63, 3.8) is 0 Å². The highest BCUT2D eigenvalue weighted by Crippen LogP contribution is 2.47. The minimum absolute atomic E-state index is 0.143. The van der Waals surface area contributed by atoms with Gasteiger partial charge in [0.25, 0.3) is 0 Å². The zero-order valence-corrected chi connectivity index (χ0v) is 19.4. The van der Waals surface area contributed by atoms with Crippen molar-refractivity contribution in [2.45, 2.75) is 38.5 Å². The Hall–Kier alpha value is -3.79. The van der Waals surface area contributed by atoms with E-state index < -0.39 is 0 Å². The molecule has 170 valence electrons. The third-order valence-corrected chi connectivity index (χ3v) is 6.73. The minimum Gasteiger partial charge on any atom is -0.494 e. The molecule has 0 amide bonds. The second-order valence-corrected chi connectivity index (χ2v) is 8.95. The summed E-state index contributed by atoms with van der Waals surface area (Å²) in [5, 5.41) is 9.78. The molecule has 4 aromatic rings. The second kappa shape index (κ2) is 8.86. The lowest BCUT2D eigenvalue weighted by Gasteiger charge is -2.38. The molecule has 0 fully saturated rings. The summed E-state index contributed by atoms with van der Waals surface area (Å²) < 4.78 is 12.4. The maximum absolute atomic E-state index is 6.52. The first kappa shape index (κ1) is 20.8. The van der Waals surface area contributed by atoms with Gasteiger partial charge in [-0.3, -0.25) is 0 Å². The third kappa shape index (κ3) is 3.69. The molecule has 0 saturated carbocycles. The SMILES string of the molecule is CCCCOc1ccc([C@@H]2Oc3ccccc3[C@@H]3CC(c4cccc5ccccc45)=NN32)cc1. The lowest BCUT2D eigenvalue weighted by atomic mass is 9.93. The van der Waals surface area contributed by atoms with E-state index in [-0.39, 0.29) is 12.3 Å². The Bertz CT molecular complexity index is 1340. The molecule has 2 atom stereocenters. The van der Waals surface area contributed by atoms with Crippen LogP contribution in [0.25, 0.3) is 10.8 Å². The highest BCUT2D eigenvalue weighted by atomic mass is 16.5. The van der Waals surface area contributed by atoms with Crippen molar-refractivity contribution in [1.82, 2.24) is 5.01 Å². The van der Waals surface area contributed by atoms with E-state index in [1.54, 1.807) is 0 Å². The topological polar surface area (TPSA) is 34.1 Å². The van der Waals surface area contributed by atoms with Gasteiger partial charge in [-0.05, 0) is 47.5 Å². The predicted molar refractivity (Wildman–Crippen MR) is 136 cm³/mol. The van der Waals surface area contributed by atoms with E-state index in [9.17, 15) is 0 Å². The Morgan fingerprint density at radius 1 is 0.912 bits per heavy atom. The number of hydrogen-bond acceptors (Lipinski definition) is 4. The lowest BCUT2D eigenvalue weighted by molar-refractivity contribution is -0.0190. The van der Waals surface area contributed by atoms with Crippen LogP contribution in [0.15, 0.2) is 96.1 Å². The van der Waals surface area contributed by atoms with Gasteiger partial charge in [0, 0.05) is 23.1 Å². The molecule has 6 rings (SSSR count). The molecule has 4 heteroatoms. The molecule has 4 nitrogen and oxygen atoms in total. The van der Waals surface area contributed by atoms with Crippen LogP contribution in [0.2, 0.25) is 0 Å². The molecule has 0 spiro atoms. The van der Waals surface area contributed by atoms with Crippen LogP contribution in [0.4, 0.5) is 0 Å². The van der Waals surface area contributed by atoms with Crippen molar-refractivity contribution >= 4 is 16.5 Å². The fourth-order valence-corrected chi connectivity index (χ4v) is 4.96. The molecular weight excluding hydrogens is 420 g/mol. The first-order valence-electron chi connectivity index (χ1n) is 12.1. The molecule has 0 N–H and O–H groups in total. The van der Waals surface area contributed by atoms with E-state index in [4.69, 9.17) is 14.6 Å². The van der Waals surface area contributed by atoms with Crippen LogP contribution < -0.4 is 9.47 Å². The number of para-hydroxylation sites is 1. The fourth-order valence-electron chi connectivity index (χ4n) is 4.96. The Morgan fingerprint density at radius 2 is 1.71 bits per heavy atom. The number of hydrogen-bond donors (Lipinski definition) is 0. The predicted octanol–water partition coefficient (Wildman–Crippen LogP) is 7.26. The van der Waals surface area contributed by atoms with Crippen LogP contribution >= 0.6 is 0 Å². The van der Waals surface area contributed by atoms with Crippen LogP contribution in [-0.2, 0) is 0 Å². The Balaban J connectivity index is 1.37. The lowest BCUT2D eigenvalue weighted by Crippen LogP contribution is -2.33. The molecule has 0 radical (unpaired) electrons. The van der Waals surface area contributed by atoms with Crippen molar-refractivity contribution in [3.05, 3.63) is 108 Å². The number of rotatable bonds is 6. The number of hydrazone groups is 1. The second-order valence-electron chi connectivity index (χ2n) is 8.95. The monoisotopic (exact) mass is 448 g/mol. The summed E-state index contributed by atoms with van der Waals surface area (Å²) in [6.07, 6.45) is 2.76. The molecule has 0 bridgehead atoms. The fraction of sp³-hybridized carbons (Fsp3) is 0.233. The van der Waals surface area contributed by atoms with Gasteiger partial charge >= 0.3 is 0 Å². The van der Waals surface area contributed by atoms with Gasteiger partial charge in [-0.2, -0.15) is 5.10 Å². The largest absolute Gasteiger partial charge is 0.494 e. The summed E-state index contributed by atoms with van der Waals surface area (Å²) >= 11 is 0. The molecule has 2 heterocycles. The smallest absolute Gasteiger partial charge is 0.213 e. The van der Waals surface area contributed by atoms with Gasteiger partial charge in [-0.15, -0.1) is 0 Å². The van der Waals surface area contributed by atoms with E-state index in [0.717, 1.165) is 48.6 Å². The van der Waals surface area contributed by atoms with Gasteiger partial charge in [0.2, 0.25) is 6.23 Å². The van der Waals surface area contributed by atoms with Crippen molar-refractivity contribution in [1.29, 1.82) is 0 Å². The summed E-state index contributed by atoms with van der Waals surface area (Å²) in [6, 6.07) is 31.8. The summed E-state index contributed by atoms with van der Waals surface area (Å²) in [6.45, 7) is 2.92. The van der Waals surface area contributed by atoms with Crippen molar-refractivity contribution in [2.24, 2.45) is 5.10 Å². The first-order valence-corrected chi connectivity index (χ1v) is 12.1. The zero-order chi connectivity index (χ0) is 22.9. The van der Waals surface area contributed by atoms with E-state index in [0.29, 0.717) is 0 Å². The number of unbranched alkanes of at least 4 members (excludes halogenated alkanes) is 1. The van der Waals surface area contributed by atoms with Gasteiger partial charge in [0.15, 0.2) is 0 Å². The summed E-state index contributed by atoms with van der Waals surface area (Å²) in [7, 11) is 0. The molecule has 4 aromatic carbocycles. The summed E-state index contributed by atoms with van der Waals surface area (Å²) in [5.74, 6) is 1.83. The minimum atomic E-state index is -0.280. The molecule has 34 heavy (non-hydrogen) atoms. The first-order chi connectivity index (χ1) is 16.8. The van der Waals surface area contributed by atoms with Crippen LogP contribution in [0, 0.1) is 0 Å². The number of benzene rings is 4. The zero-order valence-electron chi connectivity index (χ0n) is 19.4. The van der Waals surface area contributed by atoms with E-state index >= 15 is 0 Å².